The molecule has 0 radical (unpaired) electrons. The van der Waals surface area contributed by atoms with Gasteiger partial charge in [0.25, 0.3) is 0 Å². The lowest BCUT2D eigenvalue weighted by Crippen LogP contribution is -2.44. The van der Waals surface area contributed by atoms with Crippen molar-refractivity contribution in [1.82, 2.24) is 0 Å². The molecule has 2 N–H and O–H groups in total. The third-order valence-electron chi connectivity index (χ3n) is 3.05. The Morgan fingerprint density at radius 1 is 1.28 bits per heavy atom. The third kappa shape index (κ3) is 3.47. The van der Waals surface area contributed by atoms with Gasteiger partial charge in [-0.2, -0.15) is 0 Å². The first-order valence-electron chi connectivity index (χ1n) is 6.16. The molecule has 0 spiro atoms. The highest BCUT2D eigenvalue weighted by molar-refractivity contribution is 5.98. The molecular formula is C14H23ClN2O. The van der Waals surface area contributed by atoms with Crippen molar-refractivity contribution >= 4 is 24.0 Å². The van der Waals surface area contributed by atoms with Crippen molar-refractivity contribution in [2.24, 2.45) is 5.73 Å². The Hall–Kier alpha value is -1.06. The van der Waals surface area contributed by atoms with Gasteiger partial charge in [0, 0.05) is 12.2 Å². The Balaban J connectivity index is 0.00000289. The van der Waals surface area contributed by atoms with Crippen LogP contribution in [-0.2, 0) is 4.79 Å². The first-order valence-corrected chi connectivity index (χ1v) is 6.16. The van der Waals surface area contributed by atoms with Gasteiger partial charge in [-0.15, -0.1) is 12.4 Å². The number of hydrogen-bond donors (Lipinski definition) is 1. The number of aryl methyl sites for hydroxylation is 2. The Morgan fingerprint density at radius 3 is 2.17 bits per heavy atom. The highest BCUT2D eigenvalue weighted by Crippen LogP contribution is 2.25. The Kier molecular flexibility index (Phi) is 6.96. The first kappa shape index (κ1) is 16.9. The lowest BCUT2D eigenvalue weighted by molar-refractivity contribution is -0.119. The topological polar surface area (TPSA) is 46.3 Å². The quantitative estimate of drug-likeness (QED) is 0.915. The summed E-state index contributed by atoms with van der Waals surface area (Å²) in [5.74, 6) is 0.00685. The molecule has 1 aromatic carbocycles. The minimum atomic E-state index is -0.408. The van der Waals surface area contributed by atoms with Crippen LogP contribution in [0.15, 0.2) is 18.2 Å². The fourth-order valence-corrected chi connectivity index (χ4v) is 2.03. The Morgan fingerprint density at radius 2 is 1.78 bits per heavy atom. The molecule has 1 rings (SSSR count). The van der Waals surface area contributed by atoms with E-state index in [1.54, 1.807) is 4.90 Å². The maximum Gasteiger partial charge on any atom is 0.243 e. The second-order valence-electron chi connectivity index (χ2n) is 4.34. The molecule has 0 aliphatic carbocycles. The number of amides is 1. The minimum Gasteiger partial charge on any atom is -0.320 e. The molecule has 1 aromatic rings. The van der Waals surface area contributed by atoms with Crippen LogP contribution in [0.4, 0.5) is 5.69 Å². The predicted molar refractivity (Wildman–Crippen MR) is 79.5 cm³/mol. The van der Waals surface area contributed by atoms with E-state index >= 15 is 0 Å². The molecular weight excluding hydrogens is 248 g/mol. The number of carbonyl (C=O) groups excluding carboxylic acids is 1. The number of carbonyl (C=O) groups is 1. The van der Waals surface area contributed by atoms with Crippen molar-refractivity contribution in [3.8, 4) is 0 Å². The van der Waals surface area contributed by atoms with Gasteiger partial charge in [-0.3, -0.25) is 4.79 Å². The summed E-state index contributed by atoms with van der Waals surface area (Å²) in [5.41, 5.74) is 9.07. The van der Waals surface area contributed by atoms with E-state index in [1.165, 1.54) is 0 Å². The van der Waals surface area contributed by atoms with E-state index in [2.05, 4.69) is 0 Å². The molecule has 0 saturated heterocycles. The maximum absolute atomic E-state index is 12.2. The van der Waals surface area contributed by atoms with Crippen molar-refractivity contribution in [1.29, 1.82) is 0 Å². The predicted octanol–water partition coefficient (Wildman–Crippen LogP) is 2.82. The van der Waals surface area contributed by atoms with E-state index in [-0.39, 0.29) is 18.3 Å². The Labute approximate surface area is 116 Å². The number of benzene rings is 1. The number of likely N-dealkylation sites (N-methyl/N-ethyl adjacent to an activating group) is 1. The van der Waals surface area contributed by atoms with Crippen LogP contribution in [0.3, 0.4) is 0 Å². The van der Waals surface area contributed by atoms with Crippen LogP contribution in [0.5, 0.6) is 0 Å². The van der Waals surface area contributed by atoms with E-state index in [0.717, 1.165) is 16.8 Å². The average Bonchev–Trinajstić information content (AvgIpc) is 2.32. The highest BCUT2D eigenvalue weighted by Gasteiger charge is 2.21. The maximum atomic E-state index is 12.2. The average molecular weight is 271 g/mol. The summed E-state index contributed by atoms with van der Waals surface area (Å²) >= 11 is 0. The van der Waals surface area contributed by atoms with Gasteiger partial charge in [0.1, 0.15) is 0 Å². The van der Waals surface area contributed by atoms with Gasteiger partial charge >= 0.3 is 0 Å². The second kappa shape index (κ2) is 7.39. The van der Waals surface area contributed by atoms with E-state index in [9.17, 15) is 4.79 Å². The van der Waals surface area contributed by atoms with Crippen LogP contribution in [-0.4, -0.2) is 18.5 Å². The summed E-state index contributed by atoms with van der Waals surface area (Å²) in [6.07, 6.45) is 0.667. The number of rotatable bonds is 4. The van der Waals surface area contributed by atoms with Crippen LogP contribution in [0.1, 0.15) is 31.4 Å². The third-order valence-corrected chi connectivity index (χ3v) is 3.05. The molecule has 0 fully saturated rings. The lowest BCUT2D eigenvalue weighted by atomic mass is 10.1. The number of para-hydroxylation sites is 1. The van der Waals surface area contributed by atoms with E-state index in [4.69, 9.17) is 5.73 Å². The van der Waals surface area contributed by atoms with Gasteiger partial charge in [-0.1, -0.05) is 25.1 Å². The summed E-state index contributed by atoms with van der Waals surface area (Å²) in [4.78, 5) is 14.0. The molecule has 102 valence electrons. The molecule has 0 saturated carbocycles. The van der Waals surface area contributed by atoms with Crippen LogP contribution >= 0.6 is 12.4 Å². The molecule has 18 heavy (non-hydrogen) atoms. The molecule has 0 heterocycles. The molecule has 1 amide bonds. The summed E-state index contributed by atoms with van der Waals surface area (Å²) in [6.45, 7) is 8.61. The van der Waals surface area contributed by atoms with Crippen molar-refractivity contribution in [3.63, 3.8) is 0 Å². The van der Waals surface area contributed by atoms with Gasteiger partial charge in [0.05, 0.1) is 6.04 Å². The largest absolute Gasteiger partial charge is 0.320 e. The minimum absolute atomic E-state index is 0. The second-order valence-corrected chi connectivity index (χ2v) is 4.34. The summed E-state index contributed by atoms with van der Waals surface area (Å²) in [5, 5.41) is 0. The van der Waals surface area contributed by atoms with E-state index in [0.29, 0.717) is 13.0 Å². The smallest absolute Gasteiger partial charge is 0.243 e. The number of nitrogens with zero attached hydrogens (tertiary/aromatic N) is 1. The molecule has 1 atom stereocenters. The van der Waals surface area contributed by atoms with E-state index in [1.807, 2.05) is 45.9 Å². The molecule has 3 nitrogen and oxygen atoms in total. The molecule has 0 aliphatic rings. The van der Waals surface area contributed by atoms with Crippen molar-refractivity contribution in [3.05, 3.63) is 29.3 Å². The molecule has 0 aliphatic heterocycles. The lowest BCUT2D eigenvalue weighted by Gasteiger charge is -2.27. The van der Waals surface area contributed by atoms with Crippen molar-refractivity contribution < 1.29 is 4.79 Å². The van der Waals surface area contributed by atoms with Gasteiger partial charge in [0.15, 0.2) is 0 Å². The van der Waals surface area contributed by atoms with Crippen LogP contribution < -0.4 is 10.6 Å². The summed E-state index contributed by atoms with van der Waals surface area (Å²) in [7, 11) is 0. The SMILES string of the molecule is CCC(N)C(=O)N(CC)c1c(C)cccc1C.Cl. The fourth-order valence-electron chi connectivity index (χ4n) is 2.03. The van der Waals surface area contributed by atoms with Gasteiger partial charge in [-0.25, -0.2) is 0 Å². The van der Waals surface area contributed by atoms with Crippen molar-refractivity contribution in [2.45, 2.75) is 40.2 Å². The zero-order valence-electron chi connectivity index (χ0n) is 11.6. The standard InChI is InChI=1S/C14H22N2O.ClH/c1-5-12(15)14(17)16(6-2)13-10(3)8-7-9-11(13)4;/h7-9,12H,5-6,15H2,1-4H3;1H. The highest BCUT2D eigenvalue weighted by atomic mass is 35.5. The normalized spacial score (nSPS) is 11.6. The molecule has 0 aromatic heterocycles. The van der Waals surface area contributed by atoms with Gasteiger partial charge < -0.3 is 10.6 Å². The summed E-state index contributed by atoms with van der Waals surface area (Å²) in [6, 6.07) is 5.64. The van der Waals surface area contributed by atoms with Gasteiger partial charge in [-0.05, 0) is 38.3 Å². The number of hydrogen-bond acceptors (Lipinski definition) is 2. The molecule has 0 bridgehead atoms. The first-order chi connectivity index (χ1) is 8.02. The fraction of sp³-hybridized carbons (Fsp3) is 0.500. The van der Waals surface area contributed by atoms with Crippen LogP contribution in [0.25, 0.3) is 0 Å². The number of halogens is 1. The van der Waals surface area contributed by atoms with Crippen LogP contribution in [0, 0.1) is 13.8 Å². The zero-order chi connectivity index (χ0) is 13.0. The summed E-state index contributed by atoms with van der Waals surface area (Å²) < 4.78 is 0. The Bertz CT molecular complexity index is 387. The van der Waals surface area contributed by atoms with Crippen LogP contribution in [0.2, 0.25) is 0 Å². The molecule has 4 heteroatoms. The van der Waals surface area contributed by atoms with Gasteiger partial charge in [0.2, 0.25) is 5.91 Å². The number of anilines is 1. The van der Waals surface area contributed by atoms with E-state index < -0.39 is 6.04 Å². The molecule has 1 unspecified atom stereocenters. The number of nitrogens with two attached hydrogens (primary N) is 1. The zero-order valence-corrected chi connectivity index (χ0v) is 12.4. The monoisotopic (exact) mass is 270 g/mol. The van der Waals surface area contributed by atoms with Crippen molar-refractivity contribution in [2.75, 3.05) is 11.4 Å².